The van der Waals surface area contributed by atoms with Gasteiger partial charge in [0.15, 0.2) is 11.6 Å². The lowest BCUT2D eigenvalue weighted by molar-refractivity contribution is 0.568. The van der Waals surface area contributed by atoms with E-state index in [1.165, 1.54) is 6.33 Å². The van der Waals surface area contributed by atoms with Crippen LogP contribution in [0.3, 0.4) is 0 Å². The molecule has 1 aliphatic rings. The van der Waals surface area contributed by atoms with Crippen LogP contribution in [0.1, 0.15) is 5.69 Å². The van der Waals surface area contributed by atoms with Crippen LogP contribution in [-0.2, 0) is 7.05 Å². The zero-order valence-electron chi connectivity index (χ0n) is 14.7. The molecule has 1 aromatic carbocycles. The van der Waals surface area contributed by atoms with Crippen LogP contribution in [0.15, 0.2) is 35.4 Å². The van der Waals surface area contributed by atoms with E-state index >= 15 is 0 Å². The largest absolute Gasteiger partial charge is 0.351 e. The van der Waals surface area contributed by atoms with Gasteiger partial charge in [-0.2, -0.15) is 0 Å². The molecule has 7 nitrogen and oxygen atoms in total. The molecule has 0 amide bonds. The van der Waals surface area contributed by atoms with Gasteiger partial charge in [-0.1, -0.05) is 12.1 Å². The summed E-state index contributed by atoms with van der Waals surface area (Å²) in [6.07, 6.45) is 1.38. The van der Waals surface area contributed by atoms with Gasteiger partial charge >= 0.3 is 0 Å². The van der Waals surface area contributed by atoms with Gasteiger partial charge in [0.2, 0.25) is 5.95 Å². The van der Waals surface area contributed by atoms with Crippen molar-refractivity contribution < 1.29 is 4.39 Å². The SMILES string of the molecule is Cc1ncnc(N2CCN(c3nc4ccccc4c(=O)n3C)CC2)c1F. The number of nitrogens with zero attached hydrogens (tertiary/aromatic N) is 6. The first-order valence-corrected chi connectivity index (χ1v) is 8.49. The second kappa shape index (κ2) is 6.36. The first kappa shape index (κ1) is 16.4. The molecule has 8 heteroatoms. The topological polar surface area (TPSA) is 67.2 Å². The van der Waals surface area contributed by atoms with Crippen LogP contribution >= 0.6 is 0 Å². The predicted molar refractivity (Wildman–Crippen MR) is 98.1 cm³/mol. The lowest BCUT2D eigenvalue weighted by Crippen LogP contribution is -2.48. The monoisotopic (exact) mass is 354 g/mol. The molecule has 3 heterocycles. The fourth-order valence-corrected chi connectivity index (χ4v) is 3.27. The number of rotatable bonds is 2. The quantitative estimate of drug-likeness (QED) is 0.695. The first-order valence-electron chi connectivity index (χ1n) is 8.49. The van der Waals surface area contributed by atoms with Crippen molar-refractivity contribution in [1.29, 1.82) is 0 Å². The lowest BCUT2D eigenvalue weighted by atomic mass is 10.2. The van der Waals surface area contributed by atoms with Crippen LogP contribution in [0.5, 0.6) is 0 Å². The van der Waals surface area contributed by atoms with E-state index < -0.39 is 0 Å². The van der Waals surface area contributed by atoms with Crippen molar-refractivity contribution in [3.63, 3.8) is 0 Å². The van der Waals surface area contributed by atoms with Gasteiger partial charge in [-0.05, 0) is 19.1 Å². The Bertz CT molecular complexity index is 1030. The van der Waals surface area contributed by atoms with Crippen molar-refractivity contribution in [2.24, 2.45) is 7.05 Å². The zero-order valence-corrected chi connectivity index (χ0v) is 14.7. The van der Waals surface area contributed by atoms with Crippen molar-refractivity contribution in [1.82, 2.24) is 19.5 Å². The Labute approximate surface area is 149 Å². The highest BCUT2D eigenvalue weighted by atomic mass is 19.1. The second-order valence-corrected chi connectivity index (χ2v) is 6.36. The summed E-state index contributed by atoms with van der Waals surface area (Å²) in [7, 11) is 1.73. The first-order chi connectivity index (χ1) is 12.6. The number of halogens is 1. The smallest absolute Gasteiger partial charge is 0.262 e. The highest BCUT2D eigenvalue weighted by molar-refractivity contribution is 5.78. The third-order valence-corrected chi connectivity index (χ3v) is 4.77. The maximum absolute atomic E-state index is 14.3. The number of benzene rings is 1. The Kier molecular flexibility index (Phi) is 4.02. The fourth-order valence-electron chi connectivity index (χ4n) is 3.27. The third-order valence-electron chi connectivity index (χ3n) is 4.77. The highest BCUT2D eigenvalue weighted by Crippen LogP contribution is 2.21. The number of para-hydroxylation sites is 1. The number of fused-ring (bicyclic) bond motifs is 1. The van der Waals surface area contributed by atoms with Gasteiger partial charge in [-0.25, -0.2) is 19.3 Å². The van der Waals surface area contributed by atoms with Gasteiger partial charge in [-0.3, -0.25) is 9.36 Å². The van der Waals surface area contributed by atoms with Crippen molar-refractivity contribution in [3.8, 4) is 0 Å². The van der Waals surface area contributed by atoms with Gasteiger partial charge in [0.25, 0.3) is 5.56 Å². The molecular formula is C18H19FN6O. The minimum atomic E-state index is -0.378. The van der Waals surface area contributed by atoms with Crippen molar-refractivity contribution in [3.05, 3.63) is 52.5 Å². The van der Waals surface area contributed by atoms with Crippen LogP contribution in [0, 0.1) is 12.7 Å². The molecule has 26 heavy (non-hydrogen) atoms. The molecule has 1 fully saturated rings. The van der Waals surface area contributed by atoms with E-state index in [-0.39, 0.29) is 11.4 Å². The summed E-state index contributed by atoms with van der Waals surface area (Å²) in [5.41, 5.74) is 0.965. The summed E-state index contributed by atoms with van der Waals surface area (Å²) in [4.78, 5) is 29.2. The van der Waals surface area contributed by atoms with E-state index in [1.807, 2.05) is 23.1 Å². The van der Waals surface area contributed by atoms with Crippen molar-refractivity contribution in [2.75, 3.05) is 36.0 Å². The third kappa shape index (κ3) is 2.67. The molecule has 0 radical (unpaired) electrons. The van der Waals surface area contributed by atoms with Gasteiger partial charge < -0.3 is 9.80 Å². The average Bonchev–Trinajstić information content (AvgIpc) is 2.67. The molecule has 0 unspecified atom stereocenters. The predicted octanol–water partition coefficient (Wildman–Crippen LogP) is 1.50. The van der Waals surface area contributed by atoms with E-state index in [2.05, 4.69) is 19.9 Å². The van der Waals surface area contributed by atoms with Gasteiger partial charge in [0.1, 0.15) is 6.33 Å². The number of aromatic nitrogens is 4. The normalized spacial score (nSPS) is 14.9. The van der Waals surface area contributed by atoms with Gasteiger partial charge in [-0.15, -0.1) is 0 Å². The highest BCUT2D eigenvalue weighted by Gasteiger charge is 2.24. The van der Waals surface area contributed by atoms with E-state index in [0.717, 1.165) is 0 Å². The number of aryl methyl sites for hydroxylation is 1. The summed E-state index contributed by atoms with van der Waals surface area (Å²) in [6, 6.07) is 7.33. The van der Waals surface area contributed by atoms with E-state index in [4.69, 9.17) is 0 Å². The van der Waals surface area contributed by atoms with E-state index in [0.29, 0.717) is 54.5 Å². The molecule has 3 aromatic rings. The van der Waals surface area contributed by atoms with Crippen LogP contribution in [0.4, 0.5) is 16.2 Å². The summed E-state index contributed by atoms with van der Waals surface area (Å²) in [6.45, 7) is 4.07. The van der Waals surface area contributed by atoms with Gasteiger partial charge in [0, 0.05) is 33.2 Å². The van der Waals surface area contributed by atoms with Crippen LogP contribution < -0.4 is 15.4 Å². The number of hydrogen-bond donors (Lipinski definition) is 0. The molecule has 1 aliphatic heterocycles. The van der Waals surface area contributed by atoms with Crippen molar-refractivity contribution >= 4 is 22.7 Å². The average molecular weight is 354 g/mol. The number of piperazine rings is 1. The van der Waals surface area contributed by atoms with Crippen LogP contribution in [-0.4, -0.2) is 45.7 Å². The van der Waals surface area contributed by atoms with Crippen LogP contribution in [0.2, 0.25) is 0 Å². The number of anilines is 2. The molecule has 2 aromatic heterocycles. The molecule has 4 rings (SSSR count). The molecule has 0 spiro atoms. The molecule has 1 saturated heterocycles. The molecule has 0 saturated carbocycles. The number of hydrogen-bond acceptors (Lipinski definition) is 6. The van der Waals surface area contributed by atoms with E-state index in [9.17, 15) is 9.18 Å². The Morgan fingerprint density at radius 3 is 2.50 bits per heavy atom. The van der Waals surface area contributed by atoms with Crippen LogP contribution in [0.25, 0.3) is 10.9 Å². The summed E-state index contributed by atoms with van der Waals surface area (Å²) >= 11 is 0. The van der Waals surface area contributed by atoms with E-state index in [1.54, 1.807) is 24.6 Å². The molecule has 134 valence electrons. The summed E-state index contributed by atoms with van der Waals surface area (Å²) in [5, 5.41) is 0.607. The summed E-state index contributed by atoms with van der Waals surface area (Å²) in [5.74, 6) is 0.586. The Hall–Kier alpha value is -3.03. The van der Waals surface area contributed by atoms with Crippen molar-refractivity contribution in [2.45, 2.75) is 6.92 Å². The zero-order chi connectivity index (χ0) is 18.3. The molecule has 0 aliphatic carbocycles. The molecule has 0 bridgehead atoms. The maximum atomic E-state index is 14.3. The minimum Gasteiger partial charge on any atom is -0.351 e. The fraction of sp³-hybridized carbons (Fsp3) is 0.333. The minimum absolute atomic E-state index is 0.0644. The molecule has 0 atom stereocenters. The second-order valence-electron chi connectivity index (χ2n) is 6.36. The maximum Gasteiger partial charge on any atom is 0.262 e. The standard InChI is InChI=1S/C18H19FN6O/c1-12-15(19)16(21-11-20-12)24-7-9-25(10-8-24)18-22-14-6-4-3-5-13(14)17(26)23(18)2/h3-6,11H,7-10H2,1-2H3. The summed E-state index contributed by atoms with van der Waals surface area (Å²) < 4.78 is 15.8. The Balaban J connectivity index is 1.61. The Morgan fingerprint density at radius 2 is 1.73 bits per heavy atom. The van der Waals surface area contributed by atoms with Gasteiger partial charge in [0.05, 0.1) is 16.6 Å². The Morgan fingerprint density at radius 1 is 1.04 bits per heavy atom. The lowest BCUT2D eigenvalue weighted by Gasteiger charge is -2.36. The molecule has 0 N–H and O–H groups in total. The molecular weight excluding hydrogens is 335 g/mol.